The van der Waals surface area contributed by atoms with Gasteiger partial charge < -0.3 is 0 Å². The highest BCUT2D eigenvalue weighted by Gasteiger charge is 2.12. The van der Waals surface area contributed by atoms with Gasteiger partial charge in [0, 0.05) is 5.02 Å². The highest BCUT2D eigenvalue weighted by atomic mass is 35.5. The van der Waals surface area contributed by atoms with Crippen molar-refractivity contribution in [3.05, 3.63) is 69.7 Å². The smallest absolute Gasteiger partial charge is 0.0753 e. The molecule has 2 heteroatoms. The molecule has 0 fully saturated rings. The number of rotatable bonds is 3. The Labute approximate surface area is 119 Å². The van der Waals surface area contributed by atoms with Crippen LogP contribution >= 0.6 is 11.6 Å². The van der Waals surface area contributed by atoms with Crippen molar-refractivity contribution >= 4 is 11.6 Å². The van der Waals surface area contributed by atoms with Gasteiger partial charge in [0.2, 0.25) is 0 Å². The van der Waals surface area contributed by atoms with Crippen LogP contribution in [0.15, 0.2) is 42.5 Å². The zero-order chi connectivity index (χ0) is 13.8. The number of nitriles is 1. The van der Waals surface area contributed by atoms with Crippen LogP contribution in [0.2, 0.25) is 5.02 Å². The second kappa shape index (κ2) is 5.91. The first-order valence-corrected chi connectivity index (χ1v) is 6.68. The van der Waals surface area contributed by atoms with E-state index in [1.807, 2.05) is 24.3 Å². The monoisotopic (exact) mass is 269 g/mol. The minimum absolute atomic E-state index is 0.153. The quantitative estimate of drug-likeness (QED) is 0.785. The first-order valence-electron chi connectivity index (χ1n) is 6.31. The van der Waals surface area contributed by atoms with E-state index in [4.69, 9.17) is 11.6 Å². The molecule has 0 radical (unpaired) electrons. The van der Waals surface area contributed by atoms with E-state index < -0.39 is 0 Å². The maximum Gasteiger partial charge on any atom is 0.0753 e. The van der Waals surface area contributed by atoms with Gasteiger partial charge in [-0.2, -0.15) is 5.26 Å². The molecule has 0 heterocycles. The van der Waals surface area contributed by atoms with Crippen molar-refractivity contribution in [1.82, 2.24) is 0 Å². The zero-order valence-electron chi connectivity index (χ0n) is 11.2. The molecule has 0 aliphatic rings. The van der Waals surface area contributed by atoms with Crippen LogP contribution < -0.4 is 0 Å². The number of halogens is 1. The largest absolute Gasteiger partial charge is 0.198 e. The molecule has 96 valence electrons. The molecule has 2 aromatic carbocycles. The average Bonchev–Trinajstić information content (AvgIpc) is 2.34. The topological polar surface area (TPSA) is 23.8 Å². The van der Waals surface area contributed by atoms with Crippen molar-refractivity contribution in [2.24, 2.45) is 0 Å². The Bertz CT molecular complexity index is 605. The summed E-state index contributed by atoms with van der Waals surface area (Å²) in [5.41, 5.74) is 4.65. The van der Waals surface area contributed by atoms with Gasteiger partial charge in [-0.3, -0.25) is 0 Å². The fourth-order valence-corrected chi connectivity index (χ4v) is 2.58. The molecule has 0 amide bonds. The number of hydrogen-bond donors (Lipinski definition) is 0. The van der Waals surface area contributed by atoms with Crippen molar-refractivity contribution in [2.45, 2.75) is 26.2 Å². The van der Waals surface area contributed by atoms with Gasteiger partial charge in [-0.15, -0.1) is 0 Å². The summed E-state index contributed by atoms with van der Waals surface area (Å²) in [5.74, 6) is -0.153. The summed E-state index contributed by atoms with van der Waals surface area (Å²) in [6, 6.07) is 16.4. The summed E-state index contributed by atoms with van der Waals surface area (Å²) >= 11 is 5.99. The number of aryl methyl sites for hydroxylation is 2. The lowest BCUT2D eigenvalue weighted by Gasteiger charge is -2.11. The summed E-state index contributed by atoms with van der Waals surface area (Å²) in [5, 5.41) is 10.1. The zero-order valence-corrected chi connectivity index (χ0v) is 11.9. The summed E-state index contributed by atoms with van der Waals surface area (Å²) < 4.78 is 0. The number of hydrogen-bond acceptors (Lipinski definition) is 1. The molecular weight excluding hydrogens is 254 g/mol. The molecule has 1 unspecified atom stereocenters. The third-order valence-corrected chi connectivity index (χ3v) is 3.36. The Kier molecular flexibility index (Phi) is 4.24. The van der Waals surface area contributed by atoms with E-state index in [2.05, 4.69) is 38.1 Å². The molecule has 0 N–H and O–H groups in total. The van der Waals surface area contributed by atoms with Crippen LogP contribution in [-0.2, 0) is 6.42 Å². The second-order valence-electron chi connectivity index (χ2n) is 4.94. The van der Waals surface area contributed by atoms with Crippen molar-refractivity contribution < 1.29 is 0 Å². The lowest BCUT2D eigenvalue weighted by Crippen LogP contribution is -2.01. The van der Waals surface area contributed by atoms with Gasteiger partial charge in [0.05, 0.1) is 12.0 Å². The molecule has 19 heavy (non-hydrogen) atoms. The van der Waals surface area contributed by atoms with E-state index in [1.165, 1.54) is 16.7 Å². The average molecular weight is 270 g/mol. The van der Waals surface area contributed by atoms with Crippen molar-refractivity contribution in [3.63, 3.8) is 0 Å². The van der Waals surface area contributed by atoms with Gasteiger partial charge in [0.15, 0.2) is 0 Å². The Morgan fingerprint density at radius 3 is 2.37 bits per heavy atom. The molecule has 2 aromatic rings. The van der Waals surface area contributed by atoms with Crippen LogP contribution in [-0.4, -0.2) is 0 Å². The van der Waals surface area contributed by atoms with Crippen LogP contribution in [0.5, 0.6) is 0 Å². The maximum atomic E-state index is 9.38. The first kappa shape index (κ1) is 13.6. The molecule has 0 bridgehead atoms. The Balaban J connectivity index is 2.27. The highest BCUT2D eigenvalue weighted by molar-refractivity contribution is 6.30. The van der Waals surface area contributed by atoms with Crippen molar-refractivity contribution in [1.29, 1.82) is 5.26 Å². The summed E-state index contributed by atoms with van der Waals surface area (Å²) in [4.78, 5) is 0. The standard InChI is InChI=1S/C17H16ClN/c1-12-6-13(2)8-14(7-12)9-16(11-19)15-4-3-5-17(18)10-15/h3-8,10,16H,9H2,1-2H3. The number of nitrogens with zero attached hydrogens (tertiary/aromatic N) is 1. The van der Waals surface area contributed by atoms with Gasteiger partial charge in [-0.1, -0.05) is 53.1 Å². The maximum absolute atomic E-state index is 9.38. The summed E-state index contributed by atoms with van der Waals surface area (Å²) in [7, 11) is 0. The molecule has 0 aliphatic carbocycles. The molecular formula is C17H16ClN. The molecule has 1 atom stereocenters. The molecule has 2 rings (SSSR count). The summed E-state index contributed by atoms with van der Waals surface area (Å²) in [6.45, 7) is 4.16. The van der Waals surface area contributed by atoms with E-state index in [1.54, 1.807) is 0 Å². The predicted molar refractivity (Wildman–Crippen MR) is 79.4 cm³/mol. The van der Waals surface area contributed by atoms with Crippen LogP contribution in [0.1, 0.15) is 28.2 Å². The van der Waals surface area contributed by atoms with Crippen LogP contribution in [0.3, 0.4) is 0 Å². The minimum atomic E-state index is -0.153. The van der Waals surface area contributed by atoms with Crippen LogP contribution in [0.4, 0.5) is 0 Å². The van der Waals surface area contributed by atoms with Gasteiger partial charge in [-0.05, 0) is 43.5 Å². The van der Waals surface area contributed by atoms with Gasteiger partial charge in [0.1, 0.15) is 0 Å². The fourth-order valence-electron chi connectivity index (χ4n) is 2.38. The van der Waals surface area contributed by atoms with E-state index >= 15 is 0 Å². The lowest BCUT2D eigenvalue weighted by atomic mass is 9.92. The second-order valence-corrected chi connectivity index (χ2v) is 5.37. The fraction of sp³-hybridized carbons (Fsp3) is 0.235. The third kappa shape index (κ3) is 3.59. The molecule has 0 saturated heterocycles. The minimum Gasteiger partial charge on any atom is -0.198 e. The van der Waals surface area contributed by atoms with Gasteiger partial charge in [-0.25, -0.2) is 0 Å². The van der Waals surface area contributed by atoms with Gasteiger partial charge >= 0.3 is 0 Å². The normalized spacial score (nSPS) is 11.9. The SMILES string of the molecule is Cc1cc(C)cc(CC(C#N)c2cccc(Cl)c2)c1. The molecule has 0 spiro atoms. The highest BCUT2D eigenvalue weighted by Crippen LogP contribution is 2.24. The van der Waals surface area contributed by atoms with Crippen LogP contribution in [0.25, 0.3) is 0 Å². The third-order valence-electron chi connectivity index (χ3n) is 3.13. The molecule has 0 aliphatic heterocycles. The predicted octanol–water partition coefficient (Wildman–Crippen LogP) is 4.81. The summed E-state index contributed by atoms with van der Waals surface area (Å²) in [6.07, 6.45) is 0.722. The van der Waals surface area contributed by atoms with Crippen molar-refractivity contribution in [2.75, 3.05) is 0 Å². The Morgan fingerprint density at radius 2 is 1.79 bits per heavy atom. The number of benzene rings is 2. The molecule has 1 nitrogen and oxygen atoms in total. The van der Waals surface area contributed by atoms with E-state index in [9.17, 15) is 5.26 Å². The lowest BCUT2D eigenvalue weighted by molar-refractivity contribution is 0.847. The van der Waals surface area contributed by atoms with Crippen molar-refractivity contribution in [3.8, 4) is 6.07 Å². The van der Waals surface area contributed by atoms with E-state index in [0.29, 0.717) is 5.02 Å². The molecule has 0 aromatic heterocycles. The Hall–Kier alpha value is -1.78. The first-order chi connectivity index (χ1) is 9.08. The Morgan fingerprint density at radius 1 is 1.11 bits per heavy atom. The van der Waals surface area contributed by atoms with E-state index in [0.717, 1.165) is 12.0 Å². The van der Waals surface area contributed by atoms with Gasteiger partial charge in [0.25, 0.3) is 0 Å². The molecule has 0 saturated carbocycles. The van der Waals surface area contributed by atoms with E-state index in [-0.39, 0.29) is 5.92 Å². The van der Waals surface area contributed by atoms with Crippen LogP contribution in [0, 0.1) is 25.2 Å².